The van der Waals surface area contributed by atoms with Crippen LogP contribution in [0.4, 0.5) is 0 Å². The number of ether oxygens (including phenoxy) is 2. The number of likely N-dealkylation sites (tertiary alicyclic amines) is 1. The molecule has 4 rings (SSSR count). The van der Waals surface area contributed by atoms with Crippen LogP contribution in [0.15, 0.2) is 36.5 Å². The van der Waals surface area contributed by atoms with Gasteiger partial charge in [-0.15, -0.1) is 0 Å². The molecule has 1 aliphatic rings. The fourth-order valence-electron chi connectivity index (χ4n) is 5.64. The number of carbonyl (C=O) groups is 1. The largest absolute Gasteiger partial charge is 0.497 e. The average Bonchev–Trinajstić information content (AvgIpc) is 3.34. The molecule has 0 atom stereocenters. The summed E-state index contributed by atoms with van der Waals surface area (Å²) in [5, 5.41) is 5.03. The Hall–Kier alpha value is -3.06. The second-order valence-electron chi connectivity index (χ2n) is 12.3. The molecule has 0 aliphatic carbocycles. The molecule has 224 valence electrons. The third kappa shape index (κ3) is 8.25. The number of benzene rings is 1. The zero-order valence-electron chi connectivity index (χ0n) is 26.1. The topological polar surface area (TPSA) is 59.3 Å². The molecule has 7 heteroatoms. The third-order valence-corrected chi connectivity index (χ3v) is 8.20. The van der Waals surface area contributed by atoms with Gasteiger partial charge >= 0.3 is 0 Å². The molecule has 1 aromatic carbocycles. The summed E-state index contributed by atoms with van der Waals surface area (Å²) in [7, 11) is 3.34. The van der Waals surface area contributed by atoms with E-state index in [0.29, 0.717) is 11.8 Å². The molecule has 41 heavy (non-hydrogen) atoms. The molecule has 0 radical (unpaired) electrons. The fourth-order valence-corrected chi connectivity index (χ4v) is 5.64. The van der Waals surface area contributed by atoms with Gasteiger partial charge in [-0.1, -0.05) is 34.1 Å². The van der Waals surface area contributed by atoms with E-state index in [1.807, 2.05) is 39.9 Å². The summed E-state index contributed by atoms with van der Waals surface area (Å²) in [6.45, 7) is 13.9. The average molecular weight is 563 g/mol. The lowest BCUT2D eigenvalue weighted by atomic mass is 10.0. The summed E-state index contributed by atoms with van der Waals surface area (Å²) in [5.41, 5.74) is 4.78. The van der Waals surface area contributed by atoms with Crippen molar-refractivity contribution < 1.29 is 14.3 Å². The first-order valence-electron chi connectivity index (χ1n) is 15.5. The molecule has 1 amide bonds. The van der Waals surface area contributed by atoms with Crippen LogP contribution >= 0.6 is 0 Å². The first-order chi connectivity index (χ1) is 19.8. The normalized spacial score (nSPS) is 14.2. The third-order valence-electron chi connectivity index (χ3n) is 8.20. The van der Waals surface area contributed by atoms with Crippen LogP contribution in [0.5, 0.6) is 11.5 Å². The maximum absolute atomic E-state index is 13.8. The lowest BCUT2D eigenvalue weighted by Crippen LogP contribution is -2.34. The van der Waals surface area contributed by atoms with Gasteiger partial charge in [0.25, 0.3) is 5.91 Å². The highest BCUT2D eigenvalue weighted by molar-refractivity contribution is 5.95. The summed E-state index contributed by atoms with van der Waals surface area (Å²) in [4.78, 5) is 18.5. The molecule has 0 unspecified atom stereocenters. The Balaban J connectivity index is 1.70. The number of carbonyl (C=O) groups excluding carboxylic acids is 1. The van der Waals surface area contributed by atoms with Gasteiger partial charge in [0.1, 0.15) is 11.5 Å². The van der Waals surface area contributed by atoms with Crippen molar-refractivity contribution in [3.05, 3.63) is 47.7 Å². The summed E-state index contributed by atoms with van der Waals surface area (Å²) < 4.78 is 13.1. The molecule has 0 bridgehead atoms. The van der Waals surface area contributed by atoms with E-state index in [1.165, 1.54) is 37.9 Å². The van der Waals surface area contributed by atoms with Crippen LogP contribution in [-0.2, 0) is 6.42 Å². The molecule has 1 aliphatic heterocycles. The predicted molar refractivity (Wildman–Crippen MR) is 167 cm³/mol. The van der Waals surface area contributed by atoms with E-state index in [2.05, 4.69) is 38.7 Å². The summed E-state index contributed by atoms with van der Waals surface area (Å²) in [5.74, 6) is 2.68. The van der Waals surface area contributed by atoms with Crippen LogP contribution in [-0.4, -0.2) is 72.3 Å². The molecule has 3 aromatic rings. The van der Waals surface area contributed by atoms with Gasteiger partial charge in [0.15, 0.2) is 0 Å². The maximum Gasteiger partial charge on any atom is 0.253 e. The minimum Gasteiger partial charge on any atom is -0.497 e. The highest BCUT2D eigenvalue weighted by Gasteiger charge is 2.21. The quantitative estimate of drug-likeness (QED) is 0.212. The molecule has 0 spiro atoms. The van der Waals surface area contributed by atoms with Gasteiger partial charge < -0.3 is 19.3 Å². The molecule has 3 heterocycles. The summed E-state index contributed by atoms with van der Waals surface area (Å²) in [6.07, 6.45) is 9.81. The van der Waals surface area contributed by atoms with E-state index in [9.17, 15) is 4.79 Å². The lowest BCUT2D eigenvalue weighted by molar-refractivity contribution is 0.0741. The van der Waals surface area contributed by atoms with Gasteiger partial charge in [-0.2, -0.15) is 5.10 Å². The number of fused-ring (bicyclic) bond motifs is 1. The van der Waals surface area contributed by atoms with E-state index >= 15 is 0 Å². The summed E-state index contributed by atoms with van der Waals surface area (Å²) >= 11 is 0. The number of nitrogens with zero attached hydrogens (tertiary/aromatic N) is 4. The van der Waals surface area contributed by atoms with Gasteiger partial charge in [0, 0.05) is 42.0 Å². The Labute approximate surface area is 246 Å². The molecule has 1 saturated heterocycles. The SMILES string of the molecule is COc1cc(OC)cc(-c2nn3ccc(C(=O)N(CCC(C)C)CCC(C)C)cc3c2CCCN2CCCCC2)c1. The number of hydrogen-bond donors (Lipinski definition) is 0. The Kier molecular flexibility index (Phi) is 11.1. The van der Waals surface area contributed by atoms with Crippen LogP contribution in [0.2, 0.25) is 0 Å². The van der Waals surface area contributed by atoms with Crippen molar-refractivity contribution >= 4 is 11.4 Å². The van der Waals surface area contributed by atoms with Gasteiger partial charge in [-0.25, -0.2) is 4.52 Å². The highest BCUT2D eigenvalue weighted by atomic mass is 16.5. The number of aromatic nitrogens is 2. The minimum absolute atomic E-state index is 0.110. The highest BCUT2D eigenvalue weighted by Crippen LogP contribution is 2.34. The first kappa shape index (κ1) is 30.9. The molecular weight excluding hydrogens is 512 g/mol. The van der Waals surface area contributed by atoms with Gasteiger partial charge in [-0.3, -0.25) is 4.79 Å². The smallest absolute Gasteiger partial charge is 0.253 e. The number of hydrogen-bond acceptors (Lipinski definition) is 5. The Bertz CT molecular complexity index is 1240. The Morgan fingerprint density at radius 2 is 1.56 bits per heavy atom. The van der Waals surface area contributed by atoms with Crippen molar-refractivity contribution in [2.24, 2.45) is 11.8 Å². The van der Waals surface area contributed by atoms with E-state index in [0.717, 1.165) is 79.2 Å². The maximum atomic E-state index is 13.8. The van der Waals surface area contributed by atoms with Crippen molar-refractivity contribution in [3.63, 3.8) is 0 Å². The summed E-state index contributed by atoms with van der Waals surface area (Å²) in [6, 6.07) is 9.90. The van der Waals surface area contributed by atoms with Crippen LogP contribution in [0.1, 0.15) is 82.1 Å². The number of aryl methyl sites for hydroxylation is 1. The Morgan fingerprint density at radius 1 is 0.927 bits per heavy atom. The zero-order valence-corrected chi connectivity index (χ0v) is 26.1. The molecule has 2 aromatic heterocycles. The van der Waals surface area contributed by atoms with E-state index in [-0.39, 0.29) is 5.91 Å². The van der Waals surface area contributed by atoms with E-state index in [1.54, 1.807) is 14.2 Å². The molecular formula is C34H50N4O3. The second kappa shape index (κ2) is 14.7. The van der Waals surface area contributed by atoms with E-state index in [4.69, 9.17) is 14.6 Å². The van der Waals surface area contributed by atoms with Crippen LogP contribution in [0.25, 0.3) is 16.8 Å². The van der Waals surface area contributed by atoms with Gasteiger partial charge in [0.2, 0.25) is 0 Å². The van der Waals surface area contributed by atoms with Crippen molar-refractivity contribution in [2.75, 3.05) is 46.9 Å². The standard InChI is InChI=1S/C34H50N4O3/c1-25(2)12-18-37(19-13-26(3)4)34(39)27-14-20-38-32(23-27)31(11-10-17-36-15-8-7-9-16-36)33(35-38)28-21-29(40-5)24-30(22-28)41-6/h14,20-26H,7-13,15-19H2,1-6H3. The second-order valence-corrected chi connectivity index (χ2v) is 12.3. The fraction of sp³-hybridized carbons (Fsp3) is 0.588. The van der Waals surface area contributed by atoms with Crippen molar-refractivity contribution in [2.45, 2.75) is 72.6 Å². The molecule has 0 saturated carbocycles. The van der Waals surface area contributed by atoms with Crippen molar-refractivity contribution in [1.82, 2.24) is 19.4 Å². The van der Waals surface area contributed by atoms with Crippen LogP contribution in [0.3, 0.4) is 0 Å². The number of methoxy groups -OCH3 is 2. The lowest BCUT2D eigenvalue weighted by Gasteiger charge is -2.26. The number of pyridine rings is 1. The van der Waals surface area contributed by atoms with Crippen LogP contribution < -0.4 is 9.47 Å². The zero-order chi connectivity index (χ0) is 29.4. The van der Waals surface area contributed by atoms with Gasteiger partial charge in [-0.05, 0) is 94.3 Å². The van der Waals surface area contributed by atoms with E-state index < -0.39 is 0 Å². The molecule has 7 nitrogen and oxygen atoms in total. The molecule has 0 N–H and O–H groups in total. The monoisotopic (exact) mass is 562 g/mol. The number of rotatable bonds is 14. The van der Waals surface area contributed by atoms with Gasteiger partial charge in [0.05, 0.1) is 25.4 Å². The van der Waals surface area contributed by atoms with Crippen molar-refractivity contribution in [1.29, 1.82) is 0 Å². The number of piperidine rings is 1. The Morgan fingerprint density at radius 3 is 2.15 bits per heavy atom. The molecule has 1 fully saturated rings. The predicted octanol–water partition coefficient (Wildman–Crippen LogP) is 6.97. The van der Waals surface area contributed by atoms with Crippen molar-refractivity contribution in [3.8, 4) is 22.8 Å². The minimum atomic E-state index is 0.110. The first-order valence-corrected chi connectivity index (χ1v) is 15.5. The van der Waals surface area contributed by atoms with Crippen LogP contribution in [0, 0.1) is 11.8 Å². The number of amides is 1.